The summed E-state index contributed by atoms with van der Waals surface area (Å²) in [5.74, 6) is 0.971. The van der Waals surface area contributed by atoms with Gasteiger partial charge in [-0.1, -0.05) is 49.6 Å². The molecule has 0 spiro atoms. The number of hydrogen-bond donors (Lipinski definition) is 0. The van der Waals surface area contributed by atoms with Gasteiger partial charge < -0.3 is 16.3 Å². The Hall–Kier alpha value is -1.70. The van der Waals surface area contributed by atoms with Crippen molar-refractivity contribution in [1.29, 1.82) is 0 Å². The minimum absolute atomic E-state index is 0.971. The minimum Gasteiger partial charge on any atom is -0.493 e. The third-order valence-corrected chi connectivity index (χ3v) is 10.1. The van der Waals surface area contributed by atoms with Gasteiger partial charge in [0.2, 0.25) is 0 Å². The number of methoxy groups -OCH3 is 1. The van der Waals surface area contributed by atoms with E-state index in [-0.39, 0.29) is 0 Å². The van der Waals surface area contributed by atoms with Crippen LogP contribution in [0.1, 0.15) is 0 Å². The van der Waals surface area contributed by atoms with E-state index in [1.807, 2.05) is 17.7 Å². The van der Waals surface area contributed by atoms with Crippen molar-refractivity contribution >= 4 is 40.9 Å². The van der Waals surface area contributed by atoms with Gasteiger partial charge in [-0.05, 0) is 36.4 Å². The van der Waals surface area contributed by atoms with Crippen LogP contribution in [0, 0.1) is 0 Å². The smallest absolute Gasteiger partial charge is 0.157 e. The highest BCUT2D eigenvalue weighted by Crippen LogP contribution is 2.63. The molecule has 3 aromatic carbocycles. The fourth-order valence-electron chi connectivity index (χ4n) is 3.15. The number of ether oxygens (including phenoxy) is 1. The summed E-state index contributed by atoms with van der Waals surface area (Å²) in [7, 11) is -0.0234. The zero-order valence-electron chi connectivity index (χ0n) is 12.8. The number of benzene rings is 3. The number of hydrogen-bond acceptors (Lipinski definition) is 2. The summed E-state index contributed by atoms with van der Waals surface area (Å²) in [6, 6.07) is 28.0. The molecule has 23 heavy (non-hydrogen) atoms. The van der Waals surface area contributed by atoms with Gasteiger partial charge in [-0.15, -0.1) is 0 Å². The molecule has 0 bridgehead atoms. The number of rotatable bonds is 3. The Kier molecular flexibility index (Phi) is 3.92. The van der Waals surface area contributed by atoms with Crippen LogP contribution in [0.15, 0.2) is 83.8 Å². The highest BCUT2D eigenvalue weighted by Gasteiger charge is 2.41. The molecule has 112 valence electrons. The molecule has 0 saturated carbocycles. The molecule has 1 atom stereocenters. The minimum atomic E-state index is -1.78. The van der Waals surface area contributed by atoms with Gasteiger partial charge in [-0.2, -0.15) is 0 Å². The van der Waals surface area contributed by atoms with E-state index < -0.39 is 7.14 Å². The lowest BCUT2D eigenvalue weighted by Gasteiger charge is -2.34. The van der Waals surface area contributed by atoms with E-state index >= 15 is 0 Å². The second-order valence-electron chi connectivity index (χ2n) is 5.42. The monoisotopic (exact) mass is 334 g/mol. The van der Waals surface area contributed by atoms with Crippen molar-refractivity contribution in [3.8, 4) is 5.75 Å². The topological polar surface area (TPSA) is 9.23 Å². The van der Waals surface area contributed by atoms with Crippen molar-refractivity contribution in [3.05, 3.63) is 78.9 Å². The van der Waals surface area contributed by atoms with E-state index in [1.54, 1.807) is 7.11 Å². The van der Waals surface area contributed by atoms with Crippen molar-refractivity contribution in [2.45, 2.75) is 4.90 Å². The van der Waals surface area contributed by atoms with Crippen LogP contribution in [0.25, 0.3) is 0 Å². The van der Waals surface area contributed by atoms with Crippen LogP contribution in [-0.2, 0) is 0 Å². The molecule has 4 rings (SSSR count). The van der Waals surface area contributed by atoms with Crippen molar-refractivity contribution < 1.29 is 4.74 Å². The van der Waals surface area contributed by atoms with Gasteiger partial charge in [-0.25, -0.2) is 0 Å². The van der Waals surface area contributed by atoms with Gasteiger partial charge in [0.15, 0.2) is 5.75 Å². The molecule has 0 saturated heterocycles. The summed E-state index contributed by atoms with van der Waals surface area (Å²) in [5.41, 5.74) is 0. The predicted molar refractivity (Wildman–Crippen MR) is 103 cm³/mol. The Labute approximate surface area is 142 Å². The molecular formula is C19H16BOPS. The maximum Gasteiger partial charge on any atom is 0.157 e. The third-order valence-electron chi connectivity index (χ3n) is 4.21. The van der Waals surface area contributed by atoms with Crippen LogP contribution in [0.5, 0.6) is 5.75 Å². The first-order valence-electron chi connectivity index (χ1n) is 7.55. The summed E-state index contributed by atoms with van der Waals surface area (Å²) in [6.07, 6.45) is 2.45. The molecule has 2 radical (unpaired) electrons. The summed E-state index contributed by atoms with van der Waals surface area (Å²) in [6.45, 7) is 0. The van der Waals surface area contributed by atoms with Crippen LogP contribution in [0.4, 0.5) is 0 Å². The first-order valence-corrected chi connectivity index (χ1v) is 10.3. The Morgan fingerprint density at radius 2 is 1.43 bits per heavy atom. The second-order valence-corrected chi connectivity index (χ2v) is 9.87. The van der Waals surface area contributed by atoms with E-state index in [2.05, 4.69) is 79.1 Å². The van der Waals surface area contributed by atoms with E-state index in [0.717, 1.165) is 5.75 Å². The maximum atomic E-state index is 5.72. The van der Waals surface area contributed by atoms with E-state index in [4.69, 9.17) is 4.74 Å². The Morgan fingerprint density at radius 3 is 2.22 bits per heavy atom. The number of fused-ring (bicyclic) bond motifs is 1. The largest absolute Gasteiger partial charge is 0.493 e. The molecule has 1 heterocycles. The van der Waals surface area contributed by atoms with Crippen LogP contribution in [0.2, 0.25) is 0 Å². The van der Waals surface area contributed by atoms with Crippen LogP contribution in [0.3, 0.4) is 0 Å². The zero-order valence-corrected chi connectivity index (χ0v) is 14.6. The van der Waals surface area contributed by atoms with Gasteiger partial charge in [0.25, 0.3) is 0 Å². The fourth-order valence-corrected chi connectivity index (χ4v) is 9.61. The summed E-state index contributed by atoms with van der Waals surface area (Å²) < 4.78 is 5.72. The molecule has 0 fully saturated rings. The fraction of sp³-hybridized carbons (Fsp3) is 0.0526. The van der Waals surface area contributed by atoms with E-state index in [0.29, 0.717) is 0 Å². The Morgan fingerprint density at radius 1 is 0.783 bits per heavy atom. The average Bonchev–Trinajstić information content (AvgIpc) is 3.03. The first-order chi connectivity index (χ1) is 11.4. The standard InChI is InChI=1S/C19H16BOPS/c1-21-16-11-5-6-12-17(16)22(15-9-3-2-4-10-15)18-13-7-8-14-19(18)23-20-22/h2-14H,1H3. The zero-order chi connectivity index (χ0) is 15.7. The SMILES string of the molecule is COc1ccccc1[P+]1(c2ccccc2)[B-]Sc2ccccc21. The Bertz CT molecular complexity index is 840. The lowest BCUT2D eigenvalue weighted by Crippen LogP contribution is -2.32. The summed E-state index contributed by atoms with van der Waals surface area (Å²) >= 11 is 1.85. The molecule has 1 aliphatic heterocycles. The maximum absolute atomic E-state index is 5.72. The molecule has 1 aliphatic rings. The summed E-state index contributed by atoms with van der Waals surface area (Å²) in [5, 5.41) is 4.11. The lowest BCUT2D eigenvalue weighted by atomic mass is 10.3. The molecule has 0 N–H and O–H groups in total. The molecule has 4 heteroatoms. The van der Waals surface area contributed by atoms with Crippen LogP contribution >= 0.6 is 18.8 Å². The molecule has 0 aromatic heterocycles. The van der Waals surface area contributed by atoms with Crippen LogP contribution in [-0.4, -0.2) is 13.4 Å². The van der Waals surface area contributed by atoms with Gasteiger partial charge in [0, 0.05) is 11.2 Å². The van der Waals surface area contributed by atoms with Gasteiger partial charge >= 0.3 is 0 Å². The van der Waals surface area contributed by atoms with Crippen molar-refractivity contribution in [1.82, 2.24) is 0 Å². The van der Waals surface area contributed by atoms with E-state index in [1.165, 1.54) is 20.8 Å². The normalized spacial score (nSPS) is 19.3. The highest BCUT2D eigenvalue weighted by atomic mass is 32.2. The van der Waals surface area contributed by atoms with Crippen molar-refractivity contribution in [3.63, 3.8) is 0 Å². The van der Waals surface area contributed by atoms with Gasteiger partial charge in [-0.3, -0.25) is 0 Å². The summed E-state index contributed by atoms with van der Waals surface area (Å²) in [4.78, 5) is 1.36. The van der Waals surface area contributed by atoms with Gasteiger partial charge in [0.1, 0.15) is 0 Å². The van der Waals surface area contributed by atoms with Crippen molar-refractivity contribution in [2.75, 3.05) is 7.11 Å². The predicted octanol–water partition coefficient (Wildman–Crippen LogP) is 3.63. The van der Waals surface area contributed by atoms with Crippen molar-refractivity contribution in [2.24, 2.45) is 0 Å². The first kappa shape index (κ1) is 14.9. The molecule has 0 aliphatic carbocycles. The Balaban J connectivity index is 2.05. The highest BCUT2D eigenvalue weighted by molar-refractivity contribution is 8.48. The quantitative estimate of drug-likeness (QED) is 0.534. The number of para-hydroxylation sites is 1. The second kappa shape index (κ2) is 6.07. The molecule has 3 aromatic rings. The van der Waals surface area contributed by atoms with Gasteiger partial charge in [0.05, 0.1) is 23.0 Å². The third kappa shape index (κ3) is 2.31. The molecular weight excluding hydrogens is 318 g/mol. The van der Waals surface area contributed by atoms with E-state index in [9.17, 15) is 0 Å². The molecule has 1 nitrogen and oxygen atoms in total. The molecule has 0 amide bonds. The average molecular weight is 334 g/mol. The van der Waals surface area contributed by atoms with Crippen LogP contribution < -0.4 is 20.7 Å². The lowest BCUT2D eigenvalue weighted by molar-refractivity contribution is 0.418. The molecule has 1 unspecified atom stereocenters.